The maximum absolute atomic E-state index is 12.4. The minimum absolute atomic E-state index is 0.0694. The van der Waals surface area contributed by atoms with Crippen molar-refractivity contribution in [2.45, 2.75) is 52.0 Å². The largest absolute Gasteiger partial charge is 0.374 e. The molecule has 110 valence electrons. The monoisotopic (exact) mass is 274 g/mol. The minimum Gasteiger partial charge on any atom is -0.374 e. The van der Waals surface area contributed by atoms with E-state index in [9.17, 15) is 4.79 Å². The molecule has 1 fully saturated rings. The Kier molecular flexibility index (Phi) is 4.36. The van der Waals surface area contributed by atoms with Gasteiger partial charge in [0, 0.05) is 18.8 Å². The zero-order valence-corrected chi connectivity index (χ0v) is 13.1. The van der Waals surface area contributed by atoms with E-state index in [4.69, 9.17) is 0 Å². The molecule has 1 heterocycles. The van der Waals surface area contributed by atoms with Crippen LogP contribution in [0.1, 0.15) is 46.1 Å². The highest BCUT2D eigenvalue weighted by molar-refractivity contribution is 5.84. The van der Waals surface area contributed by atoms with E-state index in [1.54, 1.807) is 0 Å². The highest BCUT2D eigenvalue weighted by Gasteiger charge is 2.25. The molecule has 20 heavy (non-hydrogen) atoms. The van der Waals surface area contributed by atoms with E-state index in [0.717, 1.165) is 31.6 Å². The van der Waals surface area contributed by atoms with Gasteiger partial charge in [0.05, 0.1) is 0 Å². The highest BCUT2D eigenvalue weighted by atomic mass is 16.2. The number of hydrogen-bond donors (Lipinski definition) is 1. The Morgan fingerprint density at radius 2 is 1.80 bits per heavy atom. The van der Waals surface area contributed by atoms with Gasteiger partial charge in [0.1, 0.15) is 6.04 Å². The molecule has 0 radical (unpaired) electrons. The summed E-state index contributed by atoms with van der Waals surface area (Å²) in [4.78, 5) is 14.3. The zero-order chi connectivity index (χ0) is 14.8. The first-order valence-corrected chi connectivity index (χ1v) is 7.54. The summed E-state index contributed by atoms with van der Waals surface area (Å²) in [6.07, 6.45) is 2.27. The number of carbonyl (C=O) groups is 1. The standard InChI is InChI=1S/C17H26N2O/c1-13(16(20)19-11-7-8-12-19)18-15-10-6-5-9-14(15)17(2,3)4/h5-6,9-10,13,18H,7-8,11-12H2,1-4H3. The summed E-state index contributed by atoms with van der Waals surface area (Å²) in [6.45, 7) is 10.4. The van der Waals surface area contributed by atoms with E-state index in [-0.39, 0.29) is 17.4 Å². The molecule has 1 unspecified atom stereocenters. The number of anilines is 1. The van der Waals surface area contributed by atoms with E-state index in [1.807, 2.05) is 17.9 Å². The van der Waals surface area contributed by atoms with Crippen LogP contribution in [0.4, 0.5) is 5.69 Å². The van der Waals surface area contributed by atoms with Crippen LogP contribution in [-0.4, -0.2) is 29.9 Å². The summed E-state index contributed by atoms with van der Waals surface area (Å²) in [6, 6.07) is 8.10. The van der Waals surface area contributed by atoms with Crippen molar-refractivity contribution in [2.24, 2.45) is 0 Å². The molecule has 1 aromatic carbocycles. The number of likely N-dealkylation sites (tertiary alicyclic amines) is 1. The van der Waals surface area contributed by atoms with Gasteiger partial charge in [-0.1, -0.05) is 39.0 Å². The molecule has 0 aliphatic carbocycles. The summed E-state index contributed by atoms with van der Waals surface area (Å²) in [5.74, 6) is 0.214. The lowest BCUT2D eigenvalue weighted by Crippen LogP contribution is -2.40. The first-order chi connectivity index (χ1) is 9.39. The van der Waals surface area contributed by atoms with Crippen LogP contribution in [0, 0.1) is 0 Å². The highest BCUT2D eigenvalue weighted by Crippen LogP contribution is 2.29. The second-order valence-electron chi connectivity index (χ2n) is 6.69. The molecule has 3 heteroatoms. The fraction of sp³-hybridized carbons (Fsp3) is 0.588. The normalized spacial score (nSPS) is 17.1. The number of amides is 1. The second-order valence-corrected chi connectivity index (χ2v) is 6.69. The first-order valence-electron chi connectivity index (χ1n) is 7.54. The molecule has 0 saturated carbocycles. The van der Waals surface area contributed by atoms with Crippen molar-refractivity contribution < 1.29 is 4.79 Å². The van der Waals surface area contributed by atoms with E-state index < -0.39 is 0 Å². The lowest BCUT2D eigenvalue weighted by Gasteiger charge is -2.27. The molecular weight excluding hydrogens is 248 g/mol. The summed E-state index contributed by atoms with van der Waals surface area (Å²) >= 11 is 0. The Labute approximate surface area is 122 Å². The van der Waals surface area contributed by atoms with Gasteiger partial charge in [0.25, 0.3) is 0 Å². The maximum Gasteiger partial charge on any atom is 0.244 e. The molecule has 0 spiro atoms. The Morgan fingerprint density at radius 1 is 1.20 bits per heavy atom. The predicted octanol–water partition coefficient (Wildman–Crippen LogP) is 3.41. The van der Waals surface area contributed by atoms with Crippen molar-refractivity contribution in [1.29, 1.82) is 0 Å². The number of benzene rings is 1. The Bertz CT molecular complexity index is 470. The smallest absolute Gasteiger partial charge is 0.244 e. The maximum atomic E-state index is 12.4. The van der Waals surface area contributed by atoms with Gasteiger partial charge in [-0.25, -0.2) is 0 Å². The number of carbonyl (C=O) groups excluding carboxylic acids is 1. The third-order valence-electron chi connectivity index (χ3n) is 3.90. The molecule has 1 amide bonds. The quantitative estimate of drug-likeness (QED) is 0.916. The molecular formula is C17H26N2O. The minimum atomic E-state index is -0.170. The van der Waals surface area contributed by atoms with Crippen LogP contribution < -0.4 is 5.32 Å². The predicted molar refractivity (Wildman–Crippen MR) is 84.0 cm³/mol. The average molecular weight is 274 g/mol. The van der Waals surface area contributed by atoms with E-state index in [2.05, 4.69) is 44.3 Å². The third kappa shape index (κ3) is 3.33. The first kappa shape index (κ1) is 14.9. The molecule has 1 saturated heterocycles. The molecule has 0 bridgehead atoms. The van der Waals surface area contributed by atoms with Crippen LogP contribution in [0.25, 0.3) is 0 Å². The van der Waals surface area contributed by atoms with Gasteiger partial charge in [0.15, 0.2) is 0 Å². The SMILES string of the molecule is CC(Nc1ccccc1C(C)(C)C)C(=O)N1CCCC1. The van der Waals surface area contributed by atoms with Gasteiger partial charge in [-0.15, -0.1) is 0 Å². The molecule has 1 aliphatic heterocycles. The topological polar surface area (TPSA) is 32.3 Å². The average Bonchev–Trinajstić information content (AvgIpc) is 2.91. The zero-order valence-electron chi connectivity index (χ0n) is 13.1. The van der Waals surface area contributed by atoms with Crippen molar-refractivity contribution in [2.75, 3.05) is 18.4 Å². The molecule has 0 aromatic heterocycles. The molecule has 3 nitrogen and oxygen atoms in total. The lowest BCUT2D eigenvalue weighted by molar-refractivity contribution is -0.130. The van der Waals surface area contributed by atoms with Gasteiger partial charge in [-0.2, -0.15) is 0 Å². The molecule has 1 atom stereocenters. The Morgan fingerprint density at radius 3 is 2.40 bits per heavy atom. The van der Waals surface area contributed by atoms with E-state index in [1.165, 1.54) is 5.56 Å². The lowest BCUT2D eigenvalue weighted by atomic mass is 9.85. The fourth-order valence-electron chi connectivity index (χ4n) is 2.77. The van der Waals surface area contributed by atoms with Crippen molar-refractivity contribution in [3.8, 4) is 0 Å². The summed E-state index contributed by atoms with van der Waals surface area (Å²) in [7, 11) is 0. The van der Waals surface area contributed by atoms with Crippen LogP contribution in [0.3, 0.4) is 0 Å². The Balaban J connectivity index is 2.11. The summed E-state index contributed by atoms with van der Waals surface area (Å²) in [5.41, 5.74) is 2.39. The van der Waals surface area contributed by atoms with Crippen molar-refractivity contribution in [1.82, 2.24) is 4.90 Å². The van der Waals surface area contributed by atoms with Crippen LogP contribution in [0.5, 0.6) is 0 Å². The molecule has 1 aromatic rings. The van der Waals surface area contributed by atoms with Crippen LogP contribution >= 0.6 is 0 Å². The third-order valence-corrected chi connectivity index (χ3v) is 3.90. The summed E-state index contributed by atoms with van der Waals surface area (Å²) in [5, 5.41) is 3.40. The number of nitrogens with zero attached hydrogens (tertiary/aromatic N) is 1. The number of nitrogens with one attached hydrogen (secondary N) is 1. The van der Waals surface area contributed by atoms with Gasteiger partial charge in [-0.05, 0) is 36.8 Å². The van der Waals surface area contributed by atoms with Crippen molar-refractivity contribution in [3.05, 3.63) is 29.8 Å². The number of rotatable bonds is 3. The van der Waals surface area contributed by atoms with E-state index in [0.29, 0.717) is 0 Å². The summed E-state index contributed by atoms with van der Waals surface area (Å²) < 4.78 is 0. The van der Waals surface area contributed by atoms with Gasteiger partial charge in [0.2, 0.25) is 5.91 Å². The second kappa shape index (κ2) is 5.86. The van der Waals surface area contributed by atoms with Crippen LogP contribution in [0.2, 0.25) is 0 Å². The van der Waals surface area contributed by atoms with Gasteiger partial charge < -0.3 is 10.2 Å². The Hall–Kier alpha value is -1.51. The van der Waals surface area contributed by atoms with Gasteiger partial charge in [-0.3, -0.25) is 4.79 Å². The fourth-order valence-corrected chi connectivity index (χ4v) is 2.77. The van der Waals surface area contributed by atoms with Crippen LogP contribution in [-0.2, 0) is 10.2 Å². The molecule has 1 N–H and O–H groups in total. The molecule has 1 aliphatic rings. The number of hydrogen-bond acceptors (Lipinski definition) is 2. The van der Waals surface area contributed by atoms with Crippen molar-refractivity contribution >= 4 is 11.6 Å². The number of para-hydroxylation sites is 1. The van der Waals surface area contributed by atoms with Crippen molar-refractivity contribution in [3.63, 3.8) is 0 Å². The molecule has 2 rings (SSSR count). The van der Waals surface area contributed by atoms with E-state index >= 15 is 0 Å². The van der Waals surface area contributed by atoms with Gasteiger partial charge >= 0.3 is 0 Å². The van der Waals surface area contributed by atoms with Crippen LogP contribution in [0.15, 0.2) is 24.3 Å².